The molecule has 0 aliphatic heterocycles. The third-order valence-corrected chi connectivity index (χ3v) is 9.60. The van der Waals surface area contributed by atoms with Gasteiger partial charge in [-0.2, -0.15) is 0 Å². The molecule has 1 unspecified atom stereocenters. The number of fused-ring (bicyclic) bond motifs is 3. The summed E-state index contributed by atoms with van der Waals surface area (Å²) >= 11 is 7.83. The Balaban J connectivity index is 1.22. The molecule has 2 aliphatic rings. The van der Waals surface area contributed by atoms with Crippen molar-refractivity contribution in [3.05, 3.63) is 88.4 Å². The highest BCUT2D eigenvalue weighted by Crippen LogP contribution is 2.55. The molecular weight excluding hydrogens is 504 g/mol. The van der Waals surface area contributed by atoms with Gasteiger partial charge in [0, 0.05) is 16.9 Å². The zero-order chi connectivity index (χ0) is 25.5. The van der Waals surface area contributed by atoms with Crippen molar-refractivity contribution in [1.82, 2.24) is 4.98 Å². The van der Waals surface area contributed by atoms with Gasteiger partial charge in [-0.1, -0.05) is 41.9 Å². The molecule has 4 aromatic rings. The number of pyridine rings is 1. The second-order valence-corrected chi connectivity index (χ2v) is 11.7. The average Bonchev–Trinajstić information content (AvgIpc) is 3.49. The van der Waals surface area contributed by atoms with Crippen molar-refractivity contribution < 1.29 is 14.6 Å². The fraction of sp³-hybridized carbons (Fsp3) is 0.333. The normalized spacial score (nSPS) is 24.7. The number of anilines is 1. The number of hydrogen-bond donors (Lipinski definition) is 2. The number of carboxylic acids is 1. The first-order valence-electron chi connectivity index (χ1n) is 12.8. The number of nitrogens with one attached hydrogen (secondary N) is 1. The third kappa shape index (κ3) is 4.36. The molecule has 1 saturated carbocycles. The van der Waals surface area contributed by atoms with Gasteiger partial charge in [0.05, 0.1) is 16.8 Å². The van der Waals surface area contributed by atoms with Crippen molar-refractivity contribution in [1.29, 1.82) is 0 Å². The van der Waals surface area contributed by atoms with Crippen LogP contribution in [-0.4, -0.2) is 28.2 Å². The highest BCUT2D eigenvalue weighted by atomic mass is 35.5. The van der Waals surface area contributed by atoms with Gasteiger partial charge in [0.25, 0.3) is 0 Å². The second-order valence-electron chi connectivity index (χ2n) is 10.3. The summed E-state index contributed by atoms with van der Waals surface area (Å²) in [7, 11) is 0. The van der Waals surface area contributed by atoms with E-state index in [9.17, 15) is 9.90 Å². The van der Waals surface area contributed by atoms with E-state index in [2.05, 4.69) is 34.6 Å². The van der Waals surface area contributed by atoms with E-state index in [0.717, 1.165) is 47.3 Å². The maximum absolute atomic E-state index is 12.6. The molecule has 1 fully saturated rings. The van der Waals surface area contributed by atoms with Crippen LogP contribution in [0.5, 0.6) is 5.75 Å². The molecule has 1 atom stereocenters. The number of rotatable bonds is 7. The minimum absolute atomic E-state index is 0.0363. The van der Waals surface area contributed by atoms with Crippen LogP contribution < -0.4 is 10.1 Å². The molecule has 2 N–H and O–H groups in total. The molecule has 7 heteroatoms. The molecule has 2 heterocycles. The van der Waals surface area contributed by atoms with E-state index in [0.29, 0.717) is 30.4 Å². The van der Waals surface area contributed by atoms with Crippen molar-refractivity contribution in [2.75, 3.05) is 11.9 Å². The first-order chi connectivity index (χ1) is 18.0. The number of thiophene rings is 1. The minimum atomic E-state index is -1.00. The van der Waals surface area contributed by atoms with Crippen LogP contribution in [0.2, 0.25) is 5.02 Å². The summed E-state index contributed by atoms with van der Waals surface area (Å²) < 4.78 is 7.38. The fourth-order valence-corrected chi connectivity index (χ4v) is 7.56. The molecule has 0 radical (unpaired) electrons. The molecule has 5 nitrogen and oxygen atoms in total. The summed E-state index contributed by atoms with van der Waals surface area (Å²) in [4.78, 5) is 17.0. The smallest absolute Gasteiger partial charge is 0.329 e. The van der Waals surface area contributed by atoms with Gasteiger partial charge in [0.15, 0.2) is 0 Å². The van der Waals surface area contributed by atoms with E-state index < -0.39 is 11.5 Å². The lowest BCUT2D eigenvalue weighted by Gasteiger charge is -2.47. The lowest BCUT2D eigenvalue weighted by molar-refractivity contribution is -0.144. The van der Waals surface area contributed by atoms with Crippen LogP contribution in [0.4, 0.5) is 5.69 Å². The Labute approximate surface area is 225 Å². The second kappa shape index (κ2) is 9.66. The van der Waals surface area contributed by atoms with Gasteiger partial charge >= 0.3 is 5.97 Å². The standard InChI is InChI=1S/C30H29ClN2O3S/c31-22-5-3-6-23(19-22)33-30(28(34)35)13-11-29(12-14-30)21(18-20-4-1-2-7-24(20)29)9-16-36-26-8-15-32-25-10-17-37-27(25)26/h1-8,10,15,17,19,21,33H,9,11-14,16,18H2,(H,34,35). The van der Waals surface area contributed by atoms with Crippen LogP contribution >= 0.6 is 22.9 Å². The van der Waals surface area contributed by atoms with Crippen LogP contribution in [0.15, 0.2) is 72.2 Å². The summed E-state index contributed by atoms with van der Waals surface area (Å²) in [6.45, 7) is 0.627. The maximum atomic E-state index is 12.6. The summed E-state index contributed by atoms with van der Waals surface area (Å²) in [6, 6.07) is 20.0. The van der Waals surface area contributed by atoms with Gasteiger partial charge < -0.3 is 15.2 Å². The zero-order valence-corrected chi connectivity index (χ0v) is 22.0. The molecule has 2 aromatic carbocycles. The highest BCUT2D eigenvalue weighted by Gasteiger charge is 2.53. The number of halogens is 1. The Hall–Kier alpha value is -3.09. The first kappa shape index (κ1) is 24.3. The SMILES string of the molecule is O=C(O)C1(Nc2cccc(Cl)c2)CCC2(CC1)c1ccccc1CC2CCOc1ccnc2ccsc12. The maximum Gasteiger partial charge on any atom is 0.329 e. The van der Waals surface area contributed by atoms with Crippen molar-refractivity contribution in [2.45, 2.75) is 49.5 Å². The lowest BCUT2D eigenvalue weighted by atomic mass is 9.60. The molecule has 6 rings (SSSR count). The number of carboxylic acid groups (broad SMARTS) is 1. The predicted molar refractivity (Wildman–Crippen MR) is 149 cm³/mol. The van der Waals surface area contributed by atoms with E-state index in [1.54, 1.807) is 29.7 Å². The average molecular weight is 533 g/mol. The van der Waals surface area contributed by atoms with E-state index in [4.69, 9.17) is 16.3 Å². The van der Waals surface area contributed by atoms with Gasteiger partial charge in [-0.3, -0.25) is 4.98 Å². The van der Waals surface area contributed by atoms with E-state index >= 15 is 0 Å². The van der Waals surface area contributed by atoms with Crippen molar-refractivity contribution in [3.8, 4) is 5.75 Å². The van der Waals surface area contributed by atoms with Crippen LogP contribution in [-0.2, 0) is 16.6 Å². The quantitative estimate of drug-likeness (QED) is 0.260. The molecule has 0 amide bonds. The number of aromatic nitrogens is 1. The Kier molecular flexibility index (Phi) is 6.33. The van der Waals surface area contributed by atoms with Crippen LogP contribution in [0.3, 0.4) is 0 Å². The molecule has 37 heavy (non-hydrogen) atoms. The molecule has 190 valence electrons. The highest BCUT2D eigenvalue weighted by molar-refractivity contribution is 7.17. The lowest BCUT2D eigenvalue weighted by Crippen LogP contribution is -2.53. The number of carbonyl (C=O) groups is 1. The van der Waals surface area contributed by atoms with Gasteiger partial charge in [-0.05, 0) is 96.7 Å². The predicted octanol–water partition coefficient (Wildman–Crippen LogP) is 7.34. The van der Waals surface area contributed by atoms with Gasteiger partial charge in [-0.25, -0.2) is 4.79 Å². The first-order valence-corrected chi connectivity index (χ1v) is 14.1. The minimum Gasteiger partial charge on any atom is -0.492 e. The fourth-order valence-electron chi connectivity index (χ4n) is 6.55. The number of aliphatic carboxylic acids is 1. The zero-order valence-electron chi connectivity index (χ0n) is 20.5. The Bertz CT molecular complexity index is 1440. The Morgan fingerprint density at radius 1 is 1.11 bits per heavy atom. The van der Waals surface area contributed by atoms with Crippen LogP contribution in [0.1, 0.15) is 43.2 Å². The molecule has 2 aliphatic carbocycles. The van der Waals surface area contributed by atoms with E-state index in [1.165, 1.54) is 11.1 Å². The third-order valence-electron chi connectivity index (χ3n) is 8.45. The summed E-state index contributed by atoms with van der Waals surface area (Å²) in [6.07, 6.45) is 6.48. The Morgan fingerprint density at radius 3 is 2.76 bits per heavy atom. The summed E-state index contributed by atoms with van der Waals surface area (Å²) in [5, 5.41) is 16.3. The van der Waals surface area contributed by atoms with Gasteiger partial charge in [0.2, 0.25) is 0 Å². The van der Waals surface area contributed by atoms with Crippen LogP contribution in [0, 0.1) is 5.92 Å². The van der Waals surface area contributed by atoms with E-state index in [-0.39, 0.29) is 5.41 Å². The van der Waals surface area contributed by atoms with Crippen molar-refractivity contribution in [3.63, 3.8) is 0 Å². The van der Waals surface area contributed by atoms with E-state index in [1.807, 2.05) is 29.6 Å². The van der Waals surface area contributed by atoms with Crippen molar-refractivity contribution >= 4 is 44.8 Å². The number of benzene rings is 2. The molecule has 0 bridgehead atoms. The van der Waals surface area contributed by atoms with Crippen LogP contribution in [0.25, 0.3) is 10.2 Å². The number of hydrogen-bond acceptors (Lipinski definition) is 5. The summed E-state index contributed by atoms with van der Waals surface area (Å²) in [5.74, 6) is 0.499. The largest absolute Gasteiger partial charge is 0.492 e. The van der Waals surface area contributed by atoms with Gasteiger partial charge in [-0.15, -0.1) is 11.3 Å². The number of ether oxygens (including phenoxy) is 1. The molecule has 2 aromatic heterocycles. The monoisotopic (exact) mass is 532 g/mol. The Morgan fingerprint density at radius 2 is 1.95 bits per heavy atom. The molecule has 1 spiro atoms. The molecule has 0 saturated heterocycles. The molecular formula is C30H29ClN2O3S. The number of nitrogens with zero attached hydrogens (tertiary/aromatic N) is 1. The topological polar surface area (TPSA) is 71.5 Å². The van der Waals surface area contributed by atoms with Gasteiger partial charge in [0.1, 0.15) is 11.3 Å². The summed E-state index contributed by atoms with van der Waals surface area (Å²) in [5.41, 5.74) is 3.47. The van der Waals surface area contributed by atoms with Crippen molar-refractivity contribution in [2.24, 2.45) is 5.92 Å².